The number of nitrogens with one attached hydrogen (secondary N) is 2. The number of aromatic nitrogens is 1. The van der Waals surface area contributed by atoms with Gasteiger partial charge in [0, 0.05) is 16.1 Å². The summed E-state index contributed by atoms with van der Waals surface area (Å²) in [5.74, 6) is -1.43. The highest BCUT2D eigenvalue weighted by atomic mass is 35.5. The number of nitrogens with zero attached hydrogens (tertiary/aromatic N) is 1. The highest BCUT2D eigenvalue weighted by Crippen LogP contribution is 2.39. The van der Waals surface area contributed by atoms with E-state index in [0.717, 1.165) is 16.9 Å². The first kappa shape index (κ1) is 19.5. The van der Waals surface area contributed by atoms with Crippen LogP contribution < -0.4 is 10.6 Å². The van der Waals surface area contributed by atoms with Crippen molar-refractivity contribution in [2.45, 2.75) is 25.7 Å². The number of hydrogen-bond donors (Lipinski definition) is 2. The molecule has 2 aromatic carbocycles. The van der Waals surface area contributed by atoms with Crippen LogP contribution in [0.1, 0.15) is 38.8 Å². The van der Waals surface area contributed by atoms with Gasteiger partial charge in [0.1, 0.15) is 5.82 Å². The monoisotopic (exact) mass is 429 g/mol. The van der Waals surface area contributed by atoms with Crippen molar-refractivity contribution in [1.82, 2.24) is 4.98 Å². The van der Waals surface area contributed by atoms with Crippen molar-refractivity contribution < 1.29 is 14.0 Å². The smallest absolute Gasteiger partial charge is 0.257 e. The van der Waals surface area contributed by atoms with Crippen molar-refractivity contribution in [1.29, 1.82) is 0 Å². The Kier molecular flexibility index (Phi) is 5.34. The van der Waals surface area contributed by atoms with Crippen molar-refractivity contribution >= 4 is 45.6 Å². The fourth-order valence-corrected chi connectivity index (χ4v) is 4.43. The molecule has 4 rings (SSSR count). The molecule has 1 heterocycles. The Hall–Kier alpha value is -2.77. The zero-order valence-corrected chi connectivity index (χ0v) is 17.0. The van der Waals surface area contributed by atoms with Crippen LogP contribution in [0.15, 0.2) is 42.5 Å². The molecule has 2 amide bonds. The van der Waals surface area contributed by atoms with E-state index in [0.29, 0.717) is 28.5 Å². The van der Waals surface area contributed by atoms with Gasteiger partial charge in [0.05, 0.1) is 16.6 Å². The molecule has 1 aliphatic carbocycles. The minimum Gasteiger partial charge on any atom is -0.325 e. The average molecular weight is 430 g/mol. The van der Waals surface area contributed by atoms with E-state index in [9.17, 15) is 14.0 Å². The van der Waals surface area contributed by atoms with E-state index in [2.05, 4.69) is 15.6 Å². The molecular formula is C21H17ClFN3O2S. The highest BCUT2D eigenvalue weighted by molar-refractivity contribution is 7.16. The van der Waals surface area contributed by atoms with Crippen molar-refractivity contribution in [3.8, 4) is 0 Å². The lowest BCUT2D eigenvalue weighted by molar-refractivity contribution is -0.117. The van der Waals surface area contributed by atoms with Crippen molar-refractivity contribution in [2.24, 2.45) is 0 Å². The van der Waals surface area contributed by atoms with Crippen molar-refractivity contribution in [2.75, 3.05) is 10.6 Å². The maximum atomic E-state index is 13.3. The van der Waals surface area contributed by atoms with E-state index in [1.807, 2.05) is 19.1 Å². The Balaban J connectivity index is 1.46. The second kappa shape index (κ2) is 7.93. The molecule has 0 saturated carbocycles. The Bertz CT molecular complexity index is 1100. The number of carbonyl (C=O) groups is 2. The zero-order valence-electron chi connectivity index (χ0n) is 15.5. The molecule has 0 aliphatic heterocycles. The number of benzene rings is 2. The molecule has 0 saturated heterocycles. The lowest BCUT2D eigenvalue weighted by atomic mass is 10.1. The number of carbonyl (C=O) groups excluding carboxylic acids is 2. The molecule has 29 heavy (non-hydrogen) atoms. The molecule has 148 valence electrons. The third-order valence-electron chi connectivity index (χ3n) is 4.76. The summed E-state index contributed by atoms with van der Waals surface area (Å²) >= 11 is 7.16. The minimum absolute atomic E-state index is 0.0512. The van der Waals surface area contributed by atoms with Gasteiger partial charge in [-0.3, -0.25) is 14.9 Å². The number of rotatable bonds is 4. The van der Waals surface area contributed by atoms with Gasteiger partial charge in [0.15, 0.2) is 5.13 Å². The fourth-order valence-electron chi connectivity index (χ4n) is 3.21. The molecule has 0 spiro atoms. The van der Waals surface area contributed by atoms with Crippen LogP contribution in [-0.2, 0) is 11.2 Å². The van der Waals surface area contributed by atoms with E-state index >= 15 is 0 Å². The number of anilines is 2. The van der Waals surface area contributed by atoms with Gasteiger partial charge in [-0.05, 0) is 50.1 Å². The Morgan fingerprint density at radius 1 is 1.17 bits per heavy atom. The van der Waals surface area contributed by atoms with Crippen LogP contribution in [0.3, 0.4) is 0 Å². The van der Waals surface area contributed by atoms with Gasteiger partial charge in [-0.1, -0.05) is 29.3 Å². The average Bonchev–Trinajstić information content (AvgIpc) is 3.25. The molecule has 1 unspecified atom stereocenters. The molecule has 2 N–H and O–H groups in total. The minimum atomic E-state index is -0.540. The molecule has 1 aromatic heterocycles. The number of aryl methyl sites for hydroxylation is 2. The molecule has 8 heteroatoms. The number of amides is 2. The predicted molar refractivity (Wildman–Crippen MR) is 112 cm³/mol. The lowest BCUT2D eigenvalue weighted by Gasteiger charge is -2.11. The number of hydrogen-bond acceptors (Lipinski definition) is 4. The molecule has 0 bridgehead atoms. The van der Waals surface area contributed by atoms with E-state index in [1.54, 1.807) is 12.1 Å². The first-order valence-corrected chi connectivity index (χ1v) is 10.2. The van der Waals surface area contributed by atoms with Crippen LogP contribution in [0, 0.1) is 12.7 Å². The Morgan fingerprint density at radius 3 is 2.66 bits per heavy atom. The molecule has 5 nitrogen and oxygen atoms in total. The Morgan fingerprint density at radius 2 is 1.93 bits per heavy atom. The van der Waals surface area contributed by atoms with Crippen molar-refractivity contribution in [3.63, 3.8) is 0 Å². The molecule has 1 aliphatic rings. The number of halogens is 2. The van der Waals surface area contributed by atoms with Gasteiger partial charge in [-0.25, -0.2) is 9.37 Å². The SMILES string of the molecule is Cc1ccc(C(=O)Nc2nc3c(s2)CCC3C(=O)Nc2ccc(F)c(Cl)c2)cc1. The largest absolute Gasteiger partial charge is 0.325 e. The first-order chi connectivity index (χ1) is 13.9. The van der Waals surface area contributed by atoms with Crippen LogP contribution in [0.2, 0.25) is 5.02 Å². The summed E-state index contributed by atoms with van der Waals surface area (Å²) in [7, 11) is 0. The zero-order chi connectivity index (χ0) is 20.5. The predicted octanol–water partition coefficient (Wildman–Crippen LogP) is 5.16. The van der Waals surface area contributed by atoms with Gasteiger partial charge in [0.2, 0.25) is 5.91 Å². The quantitative estimate of drug-likeness (QED) is 0.601. The summed E-state index contributed by atoms with van der Waals surface area (Å²) < 4.78 is 13.3. The maximum absolute atomic E-state index is 13.3. The Labute approximate surface area is 175 Å². The molecule has 0 fully saturated rings. The highest BCUT2D eigenvalue weighted by Gasteiger charge is 2.33. The van der Waals surface area contributed by atoms with Crippen LogP contribution in [0.25, 0.3) is 0 Å². The molecule has 1 atom stereocenters. The normalized spacial score (nSPS) is 15.1. The van der Waals surface area contributed by atoms with E-state index < -0.39 is 11.7 Å². The fraction of sp³-hybridized carbons (Fsp3) is 0.190. The first-order valence-electron chi connectivity index (χ1n) is 9.04. The third kappa shape index (κ3) is 4.16. The van der Waals surface area contributed by atoms with E-state index in [1.165, 1.54) is 29.5 Å². The summed E-state index contributed by atoms with van der Waals surface area (Å²) in [4.78, 5) is 30.6. The molecule has 0 radical (unpaired) electrons. The second-order valence-corrected chi connectivity index (χ2v) is 8.35. The standard InChI is InChI=1S/C21H17ClFN3O2S/c1-11-2-4-12(5-3-11)19(27)26-21-25-18-14(7-9-17(18)29-21)20(28)24-13-6-8-16(23)15(22)10-13/h2-6,8,10,14H,7,9H2,1H3,(H,24,28)(H,25,26,27). The topological polar surface area (TPSA) is 71.1 Å². The van der Waals surface area contributed by atoms with Crippen LogP contribution in [-0.4, -0.2) is 16.8 Å². The van der Waals surface area contributed by atoms with E-state index in [4.69, 9.17) is 11.6 Å². The molecular weight excluding hydrogens is 413 g/mol. The van der Waals surface area contributed by atoms with Gasteiger partial charge >= 0.3 is 0 Å². The van der Waals surface area contributed by atoms with Crippen LogP contribution in [0.4, 0.5) is 15.2 Å². The van der Waals surface area contributed by atoms with Gasteiger partial charge < -0.3 is 5.32 Å². The second-order valence-electron chi connectivity index (χ2n) is 6.86. The summed E-state index contributed by atoms with van der Waals surface area (Å²) in [6, 6.07) is 11.3. The van der Waals surface area contributed by atoms with E-state index in [-0.39, 0.29) is 16.8 Å². The van der Waals surface area contributed by atoms with Crippen LogP contribution in [0.5, 0.6) is 0 Å². The molecule has 3 aromatic rings. The maximum Gasteiger partial charge on any atom is 0.257 e. The van der Waals surface area contributed by atoms with Gasteiger partial charge in [-0.2, -0.15) is 0 Å². The third-order valence-corrected chi connectivity index (χ3v) is 6.09. The summed E-state index contributed by atoms with van der Waals surface area (Å²) in [6.45, 7) is 1.96. The van der Waals surface area contributed by atoms with Gasteiger partial charge in [0.25, 0.3) is 5.91 Å². The number of fused-ring (bicyclic) bond motifs is 1. The summed E-state index contributed by atoms with van der Waals surface area (Å²) in [5, 5.41) is 5.99. The summed E-state index contributed by atoms with van der Waals surface area (Å²) in [5.41, 5.74) is 2.73. The lowest BCUT2D eigenvalue weighted by Crippen LogP contribution is -2.20. The number of thiazole rings is 1. The summed E-state index contributed by atoms with van der Waals surface area (Å²) in [6.07, 6.45) is 1.36. The van der Waals surface area contributed by atoms with Gasteiger partial charge in [-0.15, -0.1) is 11.3 Å². The van der Waals surface area contributed by atoms with Crippen molar-refractivity contribution in [3.05, 3.63) is 75.0 Å². The van der Waals surface area contributed by atoms with Crippen LogP contribution >= 0.6 is 22.9 Å².